The van der Waals surface area contributed by atoms with Crippen molar-refractivity contribution >= 4 is 11.6 Å². The summed E-state index contributed by atoms with van der Waals surface area (Å²) in [5, 5.41) is 3.56. The Bertz CT molecular complexity index is 1360. The molecule has 0 fully saturated rings. The first-order valence-corrected chi connectivity index (χ1v) is 12.7. The van der Waals surface area contributed by atoms with E-state index in [1.54, 1.807) is 18.3 Å². The molecule has 1 aliphatic heterocycles. The molecule has 1 unspecified atom stereocenters. The maximum absolute atomic E-state index is 13.6. The van der Waals surface area contributed by atoms with E-state index < -0.39 is 0 Å². The van der Waals surface area contributed by atoms with Crippen LogP contribution in [0.3, 0.4) is 0 Å². The normalized spacial score (nSPS) is 14.7. The molecule has 0 spiro atoms. The number of methoxy groups -OCH3 is 1. The van der Waals surface area contributed by atoms with E-state index in [4.69, 9.17) is 13.9 Å². The van der Waals surface area contributed by atoms with Gasteiger partial charge in [-0.15, -0.1) is 0 Å². The highest BCUT2D eigenvalue weighted by molar-refractivity contribution is 6.01. The number of benzene rings is 3. The predicted molar refractivity (Wildman–Crippen MR) is 144 cm³/mol. The van der Waals surface area contributed by atoms with E-state index in [2.05, 4.69) is 43.4 Å². The summed E-state index contributed by atoms with van der Waals surface area (Å²) in [4.78, 5) is 15.4. The number of hydrogen-bond donors (Lipinski definition) is 1. The first-order chi connectivity index (χ1) is 18.1. The summed E-state index contributed by atoms with van der Waals surface area (Å²) >= 11 is 0. The van der Waals surface area contributed by atoms with Crippen LogP contribution in [-0.4, -0.2) is 17.9 Å². The lowest BCUT2D eigenvalue weighted by Gasteiger charge is -2.38. The number of para-hydroxylation sites is 2. The lowest BCUT2D eigenvalue weighted by Crippen LogP contribution is -2.42. The molecule has 6 nitrogen and oxygen atoms in total. The van der Waals surface area contributed by atoms with Gasteiger partial charge in [-0.25, -0.2) is 0 Å². The second-order valence-electron chi connectivity index (χ2n) is 9.08. The zero-order valence-corrected chi connectivity index (χ0v) is 21.5. The highest BCUT2D eigenvalue weighted by atomic mass is 16.5. The molecule has 3 aromatic carbocycles. The van der Waals surface area contributed by atoms with Gasteiger partial charge >= 0.3 is 0 Å². The van der Waals surface area contributed by atoms with Crippen LogP contribution in [0.2, 0.25) is 0 Å². The summed E-state index contributed by atoms with van der Waals surface area (Å²) in [6.07, 6.45) is 3.04. The molecule has 1 amide bonds. The molecule has 190 valence electrons. The van der Waals surface area contributed by atoms with Gasteiger partial charge in [0.25, 0.3) is 5.91 Å². The third-order valence-corrected chi connectivity index (χ3v) is 6.86. The van der Waals surface area contributed by atoms with Crippen molar-refractivity contribution in [3.63, 3.8) is 0 Å². The molecule has 0 saturated carbocycles. The van der Waals surface area contributed by atoms with Gasteiger partial charge in [0.1, 0.15) is 30.0 Å². The number of rotatable bonds is 9. The quantitative estimate of drug-likeness (QED) is 0.277. The van der Waals surface area contributed by atoms with Gasteiger partial charge in [-0.2, -0.15) is 0 Å². The van der Waals surface area contributed by atoms with Crippen molar-refractivity contribution in [1.29, 1.82) is 0 Å². The van der Waals surface area contributed by atoms with Crippen LogP contribution in [0.1, 0.15) is 58.4 Å². The molecule has 0 bridgehead atoms. The molecule has 37 heavy (non-hydrogen) atoms. The Labute approximate surface area is 217 Å². The Balaban J connectivity index is 1.49. The van der Waals surface area contributed by atoms with Crippen molar-refractivity contribution in [2.45, 2.75) is 46.0 Å². The van der Waals surface area contributed by atoms with E-state index >= 15 is 0 Å². The average molecular weight is 497 g/mol. The molecule has 1 N–H and O–H groups in total. The molecule has 2 heterocycles. The molecule has 0 radical (unpaired) electrons. The molecule has 1 aliphatic rings. The predicted octanol–water partition coefficient (Wildman–Crippen LogP) is 6.76. The van der Waals surface area contributed by atoms with Crippen LogP contribution in [0.5, 0.6) is 11.5 Å². The maximum atomic E-state index is 13.6. The van der Waals surface area contributed by atoms with Crippen LogP contribution in [0.4, 0.5) is 5.69 Å². The van der Waals surface area contributed by atoms with E-state index in [0.29, 0.717) is 18.7 Å². The molecule has 4 aromatic rings. The third-order valence-electron chi connectivity index (χ3n) is 6.86. The van der Waals surface area contributed by atoms with Crippen molar-refractivity contribution in [3.8, 4) is 11.5 Å². The Morgan fingerprint density at radius 1 is 0.919 bits per heavy atom. The fourth-order valence-corrected chi connectivity index (χ4v) is 4.90. The van der Waals surface area contributed by atoms with Crippen molar-refractivity contribution < 1.29 is 18.7 Å². The number of anilines is 1. The third kappa shape index (κ3) is 4.92. The number of carbonyl (C=O) groups is 1. The SMILES string of the molecule is CCc1cccc(CC)c1OCc1cc(C2Nc3ccccc3C(=O)N2Cc2ccco2)ccc1OC. The fraction of sp³-hybridized carbons (Fsp3) is 0.258. The second-order valence-corrected chi connectivity index (χ2v) is 9.08. The van der Waals surface area contributed by atoms with Crippen molar-refractivity contribution in [3.05, 3.63) is 113 Å². The largest absolute Gasteiger partial charge is 0.496 e. The first kappa shape index (κ1) is 24.5. The van der Waals surface area contributed by atoms with Crippen LogP contribution < -0.4 is 14.8 Å². The molecule has 0 saturated heterocycles. The summed E-state index contributed by atoms with van der Waals surface area (Å²) in [5.74, 6) is 2.36. The monoisotopic (exact) mass is 496 g/mol. The van der Waals surface area contributed by atoms with Gasteiger partial charge in [0.15, 0.2) is 0 Å². The lowest BCUT2D eigenvalue weighted by atomic mass is 10.0. The Hall–Kier alpha value is -4.19. The highest BCUT2D eigenvalue weighted by Crippen LogP contribution is 2.36. The average Bonchev–Trinajstić information content (AvgIpc) is 3.46. The van der Waals surface area contributed by atoms with Gasteiger partial charge in [0, 0.05) is 11.3 Å². The van der Waals surface area contributed by atoms with E-state index in [0.717, 1.165) is 46.9 Å². The zero-order valence-electron chi connectivity index (χ0n) is 21.5. The summed E-state index contributed by atoms with van der Waals surface area (Å²) in [7, 11) is 1.66. The lowest BCUT2D eigenvalue weighted by molar-refractivity contribution is 0.0651. The maximum Gasteiger partial charge on any atom is 0.258 e. The Morgan fingerprint density at radius 3 is 2.41 bits per heavy atom. The van der Waals surface area contributed by atoms with Crippen molar-refractivity contribution in [1.82, 2.24) is 4.90 Å². The van der Waals surface area contributed by atoms with Crippen molar-refractivity contribution in [2.24, 2.45) is 0 Å². The minimum Gasteiger partial charge on any atom is -0.496 e. The van der Waals surface area contributed by atoms with Gasteiger partial charge in [-0.05, 0) is 65.9 Å². The standard InChI is InChI=1S/C31H32N2O4/c1-4-21-10-8-11-22(5-2)29(21)37-20-24-18-23(15-16-28(24)35-3)30-32-27-14-7-6-13-26(27)31(34)33(30)19-25-12-9-17-36-25/h6-18,30,32H,4-5,19-20H2,1-3H3. The van der Waals surface area contributed by atoms with E-state index in [9.17, 15) is 4.79 Å². The van der Waals surface area contributed by atoms with Gasteiger partial charge in [-0.1, -0.05) is 50.2 Å². The number of fused-ring (bicyclic) bond motifs is 1. The highest BCUT2D eigenvalue weighted by Gasteiger charge is 2.33. The summed E-state index contributed by atoms with van der Waals surface area (Å²) in [6.45, 7) is 4.98. The van der Waals surface area contributed by atoms with Gasteiger partial charge in [0.2, 0.25) is 0 Å². The van der Waals surface area contributed by atoms with Gasteiger partial charge < -0.3 is 24.1 Å². The topological polar surface area (TPSA) is 63.9 Å². The number of nitrogens with zero attached hydrogens (tertiary/aromatic N) is 1. The first-order valence-electron chi connectivity index (χ1n) is 12.7. The smallest absolute Gasteiger partial charge is 0.258 e. The number of furan rings is 1. The van der Waals surface area contributed by atoms with E-state index in [-0.39, 0.29) is 12.1 Å². The number of ether oxygens (including phenoxy) is 2. The van der Waals surface area contributed by atoms with Gasteiger partial charge in [-0.3, -0.25) is 4.79 Å². The molecule has 6 heteroatoms. The minimum atomic E-state index is -0.383. The molecule has 1 atom stereocenters. The number of hydrogen-bond acceptors (Lipinski definition) is 5. The van der Waals surface area contributed by atoms with Crippen molar-refractivity contribution in [2.75, 3.05) is 12.4 Å². The molecule has 5 rings (SSSR count). The Kier molecular flexibility index (Phi) is 7.17. The van der Waals surface area contributed by atoms with Crippen LogP contribution >= 0.6 is 0 Å². The molecule has 0 aliphatic carbocycles. The fourth-order valence-electron chi connectivity index (χ4n) is 4.90. The Morgan fingerprint density at radius 2 is 1.70 bits per heavy atom. The number of nitrogens with one attached hydrogen (secondary N) is 1. The van der Waals surface area contributed by atoms with E-state index in [1.807, 2.05) is 48.5 Å². The molecular weight excluding hydrogens is 464 g/mol. The van der Waals surface area contributed by atoms with Crippen LogP contribution in [0, 0.1) is 0 Å². The van der Waals surface area contributed by atoms with Crippen LogP contribution in [0.25, 0.3) is 0 Å². The number of carbonyl (C=O) groups excluding carboxylic acids is 1. The number of aryl methyl sites for hydroxylation is 2. The number of amides is 1. The van der Waals surface area contributed by atoms with Crippen LogP contribution in [-0.2, 0) is 26.0 Å². The minimum absolute atomic E-state index is 0.0474. The zero-order chi connectivity index (χ0) is 25.8. The summed E-state index contributed by atoms with van der Waals surface area (Å²) in [6, 6.07) is 23.6. The van der Waals surface area contributed by atoms with Crippen LogP contribution in [0.15, 0.2) is 83.5 Å². The van der Waals surface area contributed by atoms with E-state index in [1.165, 1.54) is 11.1 Å². The molecule has 1 aromatic heterocycles. The summed E-state index contributed by atoms with van der Waals surface area (Å²) < 4.78 is 17.7. The van der Waals surface area contributed by atoms with Gasteiger partial charge in [0.05, 0.1) is 25.5 Å². The molecular formula is C31H32N2O4. The summed E-state index contributed by atoms with van der Waals surface area (Å²) in [5.41, 5.74) is 5.69. The second kappa shape index (κ2) is 10.8.